The van der Waals surface area contributed by atoms with Crippen LogP contribution in [0.2, 0.25) is 0 Å². The van der Waals surface area contributed by atoms with Gasteiger partial charge in [0.1, 0.15) is 5.78 Å². The molecule has 0 aliphatic rings. The van der Waals surface area contributed by atoms with Crippen molar-refractivity contribution in [3.63, 3.8) is 0 Å². The van der Waals surface area contributed by atoms with Gasteiger partial charge in [-0.05, 0) is 30.4 Å². The molecule has 0 spiro atoms. The van der Waals surface area contributed by atoms with Gasteiger partial charge in [-0.25, -0.2) is 0 Å². The van der Waals surface area contributed by atoms with Crippen molar-refractivity contribution in [1.29, 1.82) is 0 Å². The van der Waals surface area contributed by atoms with Gasteiger partial charge in [0.15, 0.2) is 5.78 Å². The minimum atomic E-state index is -0.0194. The zero-order chi connectivity index (χ0) is 12.0. The largest absolute Gasteiger partial charge is 0.299 e. The summed E-state index contributed by atoms with van der Waals surface area (Å²) in [4.78, 5) is 24.0. The van der Waals surface area contributed by atoms with E-state index in [1.807, 2.05) is 18.4 Å². The van der Waals surface area contributed by atoms with E-state index in [2.05, 4.69) is 6.92 Å². The second-order valence-electron chi connectivity index (χ2n) is 4.03. The Balaban J connectivity index is 2.40. The molecule has 0 saturated heterocycles. The van der Waals surface area contributed by atoms with Crippen LogP contribution in [0.4, 0.5) is 0 Å². The number of thiophene rings is 1. The van der Waals surface area contributed by atoms with Crippen molar-refractivity contribution >= 4 is 22.9 Å². The van der Waals surface area contributed by atoms with E-state index in [1.54, 1.807) is 0 Å². The van der Waals surface area contributed by atoms with Gasteiger partial charge in [0.25, 0.3) is 0 Å². The van der Waals surface area contributed by atoms with Gasteiger partial charge in [0.05, 0.1) is 11.3 Å². The molecule has 0 radical (unpaired) electrons. The summed E-state index contributed by atoms with van der Waals surface area (Å²) < 4.78 is 0. The van der Waals surface area contributed by atoms with Gasteiger partial charge in [-0.15, -0.1) is 11.3 Å². The Hall–Kier alpha value is -0.960. The summed E-state index contributed by atoms with van der Waals surface area (Å²) in [5, 5.41) is 1.89. The monoisotopic (exact) mass is 238 g/mol. The molecule has 1 aromatic heterocycles. The Bertz CT molecular complexity index is 366. The molecule has 0 fully saturated rings. The van der Waals surface area contributed by atoms with E-state index in [0.717, 1.165) is 29.7 Å². The van der Waals surface area contributed by atoms with Crippen molar-refractivity contribution < 1.29 is 9.59 Å². The third-order valence-corrected chi connectivity index (χ3v) is 3.59. The molecular formula is C13H18O2S. The van der Waals surface area contributed by atoms with Crippen molar-refractivity contribution in [1.82, 2.24) is 0 Å². The third-order valence-electron chi connectivity index (χ3n) is 2.53. The number of hydrogen-bond donors (Lipinski definition) is 0. The van der Waals surface area contributed by atoms with E-state index in [1.165, 1.54) is 11.3 Å². The molecule has 0 atom stereocenters. The molecule has 0 aromatic carbocycles. The van der Waals surface area contributed by atoms with Crippen molar-refractivity contribution in [2.75, 3.05) is 0 Å². The highest BCUT2D eigenvalue weighted by molar-refractivity contribution is 7.12. The summed E-state index contributed by atoms with van der Waals surface area (Å²) >= 11 is 1.43. The van der Waals surface area contributed by atoms with Crippen LogP contribution in [0.5, 0.6) is 0 Å². The number of carbonyl (C=O) groups is 2. The van der Waals surface area contributed by atoms with Crippen LogP contribution >= 0.6 is 11.3 Å². The van der Waals surface area contributed by atoms with Crippen molar-refractivity contribution in [2.45, 2.75) is 46.0 Å². The summed E-state index contributed by atoms with van der Waals surface area (Å²) in [6.07, 6.45) is 3.70. The second-order valence-corrected chi connectivity index (χ2v) is 4.94. The van der Waals surface area contributed by atoms with Crippen LogP contribution in [-0.2, 0) is 4.79 Å². The van der Waals surface area contributed by atoms with Crippen LogP contribution < -0.4 is 0 Å². The average Bonchev–Trinajstić information content (AvgIpc) is 2.65. The molecule has 1 aromatic rings. The minimum absolute atomic E-state index is 0.0194. The first-order chi connectivity index (χ1) is 7.65. The van der Waals surface area contributed by atoms with Crippen LogP contribution in [0.3, 0.4) is 0 Å². The van der Waals surface area contributed by atoms with Crippen LogP contribution in [0, 0.1) is 6.92 Å². The highest BCUT2D eigenvalue weighted by Gasteiger charge is 2.14. The van der Waals surface area contributed by atoms with E-state index in [-0.39, 0.29) is 18.0 Å². The van der Waals surface area contributed by atoms with E-state index in [0.29, 0.717) is 6.42 Å². The van der Waals surface area contributed by atoms with Gasteiger partial charge in [0, 0.05) is 6.42 Å². The average molecular weight is 238 g/mol. The van der Waals surface area contributed by atoms with E-state index in [4.69, 9.17) is 0 Å². The first kappa shape index (κ1) is 13.1. The second kappa shape index (κ2) is 6.59. The Labute approximate surface area is 101 Å². The van der Waals surface area contributed by atoms with Crippen LogP contribution in [0.15, 0.2) is 11.4 Å². The molecule has 0 N–H and O–H groups in total. The standard InChI is InChI=1S/C13H18O2S/c1-3-4-5-6-11(14)9-12(15)13-10(2)7-8-16-13/h7-8H,3-6,9H2,1-2H3. The lowest BCUT2D eigenvalue weighted by Crippen LogP contribution is -2.07. The lowest BCUT2D eigenvalue weighted by Gasteiger charge is -2.00. The van der Waals surface area contributed by atoms with Crippen LogP contribution in [-0.4, -0.2) is 11.6 Å². The van der Waals surface area contributed by atoms with E-state index < -0.39 is 0 Å². The van der Waals surface area contributed by atoms with Crippen molar-refractivity contribution in [3.8, 4) is 0 Å². The van der Waals surface area contributed by atoms with E-state index in [9.17, 15) is 9.59 Å². The van der Waals surface area contributed by atoms with Gasteiger partial charge in [-0.1, -0.05) is 19.8 Å². The Morgan fingerprint density at radius 3 is 2.62 bits per heavy atom. The van der Waals surface area contributed by atoms with E-state index >= 15 is 0 Å². The minimum Gasteiger partial charge on any atom is -0.299 e. The number of hydrogen-bond acceptors (Lipinski definition) is 3. The zero-order valence-corrected chi connectivity index (χ0v) is 10.7. The molecule has 88 valence electrons. The maximum Gasteiger partial charge on any atom is 0.180 e. The fraction of sp³-hybridized carbons (Fsp3) is 0.538. The molecule has 0 unspecified atom stereocenters. The summed E-state index contributed by atoms with van der Waals surface area (Å²) in [6, 6.07) is 1.92. The number of ketones is 2. The fourth-order valence-electron chi connectivity index (χ4n) is 1.58. The molecule has 3 heteroatoms. The molecule has 1 heterocycles. The summed E-state index contributed by atoms with van der Waals surface area (Å²) in [7, 11) is 0. The molecule has 16 heavy (non-hydrogen) atoms. The van der Waals surface area contributed by atoms with Gasteiger partial charge in [0.2, 0.25) is 0 Å². The number of rotatable bonds is 7. The lowest BCUT2D eigenvalue weighted by atomic mass is 10.1. The first-order valence-corrected chi connectivity index (χ1v) is 6.62. The van der Waals surface area contributed by atoms with Gasteiger partial charge >= 0.3 is 0 Å². The predicted molar refractivity (Wildman–Crippen MR) is 67.2 cm³/mol. The van der Waals surface area contributed by atoms with Crippen LogP contribution in [0.1, 0.15) is 54.3 Å². The molecule has 2 nitrogen and oxygen atoms in total. The Morgan fingerprint density at radius 1 is 1.31 bits per heavy atom. The summed E-state index contributed by atoms with van der Waals surface area (Å²) in [5.74, 6) is 0.0558. The number of carbonyl (C=O) groups excluding carboxylic acids is 2. The van der Waals surface area contributed by atoms with Gasteiger partial charge < -0.3 is 0 Å². The molecule has 0 aliphatic carbocycles. The summed E-state index contributed by atoms with van der Waals surface area (Å²) in [5.41, 5.74) is 0.983. The maximum absolute atomic E-state index is 11.8. The third kappa shape index (κ3) is 3.89. The maximum atomic E-state index is 11.8. The fourth-order valence-corrected chi connectivity index (χ4v) is 2.44. The SMILES string of the molecule is CCCCCC(=O)CC(=O)c1sccc1C. The van der Waals surface area contributed by atoms with Crippen LogP contribution in [0.25, 0.3) is 0 Å². The van der Waals surface area contributed by atoms with Gasteiger partial charge in [-0.3, -0.25) is 9.59 Å². The summed E-state index contributed by atoms with van der Waals surface area (Å²) in [6.45, 7) is 4.01. The quantitative estimate of drug-likeness (QED) is 0.411. The number of aryl methyl sites for hydroxylation is 1. The Morgan fingerprint density at radius 2 is 2.06 bits per heavy atom. The molecule has 0 bridgehead atoms. The number of Topliss-reactive ketones (excluding diaryl/α,β-unsaturated/α-hetero) is 2. The van der Waals surface area contributed by atoms with Crippen molar-refractivity contribution in [3.05, 3.63) is 21.9 Å². The predicted octanol–water partition coefficient (Wildman–Crippen LogP) is 3.78. The highest BCUT2D eigenvalue weighted by Crippen LogP contribution is 2.18. The van der Waals surface area contributed by atoms with Crippen molar-refractivity contribution in [2.24, 2.45) is 0 Å². The first-order valence-electron chi connectivity index (χ1n) is 5.74. The normalized spacial score (nSPS) is 10.4. The van der Waals surface area contributed by atoms with Gasteiger partial charge in [-0.2, -0.15) is 0 Å². The molecule has 0 saturated carbocycles. The molecule has 1 rings (SSSR count). The molecule has 0 amide bonds. The zero-order valence-electron chi connectivity index (χ0n) is 9.91. The number of unbranched alkanes of at least 4 members (excludes halogenated alkanes) is 2. The lowest BCUT2D eigenvalue weighted by molar-refractivity contribution is -0.118. The smallest absolute Gasteiger partial charge is 0.180 e. The topological polar surface area (TPSA) is 34.1 Å². The molecular weight excluding hydrogens is 220 g/mol. The Kier molecular flexibility index (Phi) is 5.39. The molecule has 0 aliphatic heterocycles. The highest BCUT2D eigenvalue weighted by atomic mass is 32.1.